The molecular formula is C15H16ClN3O3. The number of rotatable bonds is 3. The average molecular weight is 322 g/mol. The largest absolute Gasteiger partial charge is 0.378 e. The Bertz CT molecular complexity index is 722. The van der Waals surface area contributed by atoms with Gasteiger partial charge in [0.1, 0.15) is 11.9 Å². The van der Waals surface area contributed by atoms with Crippen LogP contribution in [0.5, 0.6) is 0 Å². The SMILES string of the molecule is C[C@@H]1C[C@H](Nc2c([N+](=O)[O-])cnc3ccc(Cl)cc23)CCO1. The minimum absolute atomic E-state index is 0.0334. The van der Waals surface area contributed by atoms with Crippen molar-refractivity contribution in [3.05, 3.63) is 39.5 Å². The molecule has 1 aromatic heterocycles. The Hall–Kier alpha value is -1.92. The molecule has 1 saturated heterocycles. The van der Waals surface area contributed by atoms with E-state index in [1.54, 1.807) is 18.2 Å². The highest BCUT2D eigenvalue weighted by Crippen LogP contribution is 2.34. The summed E-state index contributed by atoms with van der Waals surface area (Å²) in [5.74, 6) is 0. The fourth-order valence-corrected chi connectivity index (χ4v) is 2.95. The van der Waals surface area contributed by atoms with E-state index in [2.05, 4.69) is 10.3 Å². The molecule has 22 heavy (non-hydrogen) atoms. The summed E-state index contributed by atoms with van der Waals surface area (Å²) >= 11 is 6.04. The molecule has 0 bridgehead atoms. The first-order valence-electron chi connectivity index (χ1n) is 7.15. The normalized spacial score (nSPS) is 21.7. The Labute approximate surface area is 132 Å². The lowest BCUT2D eigenvalue weighted by molar-refractivity contribution is -0.384. The second-order valence-electron chi connectivity index (χ2n) is 5.48. The van der Waals surface area contributed by atoms with Crippen molar-refractivity contribution in [1.29, 1.82) is 0 Å². The molecule has 1 N–H and O–H groups in total. The van der Waals surface area contributed by atoms with Crippen LogP contribution in [0.4, 0.5) is 11.4 Å². The molecule has 1 fully saturated rings. The van der Waals surface area contributed by atoms with Crippen LogP contribution in [-0.2, 0) is 4.74 Å². The van der Waals surface area contributed by atoms with Gasteiger partial charge in [-0.25, -0.2) is 4.98 Å². The highest BCUT2D eigenvalue weighted by Gasteiger charge is 2.24. The van der Waals surface area contributed by atoms with Crippen LogP contribution in [0, 0.1) is 10.1 Å². The molecule has 2 heterocycles. The van der Waals surface area contributed by atoms with Crippen molar-refractivity contribution < 1.29 is 9.66 Å². The van der Waals surface area contributed by atoms with Gasteiger partial charge in [-0.05, 0) is 38.0 Å². The van der Waals surface area contributed by atoms with Crippen molar-refractivity contribution in [1.82, 2.24) is 4.98 Å². The second-order valence-corrected chi connectivity index (χ2v) is 5.92. The summed E-state index contributed by atoms with van der Waals surface area (Å²) in [5, 5.41) is 15.8. The molecular weight excluding hydrogens is 306 g/mol. The van der Waals surface area contributed by atoms with Gasteiger partial charge in [0.2, 0.25) is 0 Å². The maximum atomic E-state index is 11.3. The van der Waals surface area contributed by atoms with Crippen LogP contribution in [0.2, 0.25) is 5.02 Å². The molecule has 0 aliphatic carbocycles. The third-order valence-electron chi connectivity index (χ3n) is 3.84. The first-order chi connectivity index (χ1) is 10.5. The summed E-state index contributed by atoms with van der Waals surface area (Å²) in [6.07, 6.45) is 3.05. The van der Waals surface area contributed by atoms with Gasteiger partial charge < -0.3 is 10.1 Å². The third kappa shape index (κ3) is 2.98. The molecule has 0 unspecified atom stereocenters. The number of nitro groups is 1. The maximum Gasteiger partial charge on any atom is 0.311 e. The standard InChI is InChI=1S/C15H16ClN3O3/c1-9-6-11(4-5-22-9)18-15-12-7-10(16)2-3-13(12)17-8-14(15)19(20)21/h2-3,7-9,11H,4-6H2,1H3,(H,17,18)/t9-,11-/m1/s1. The molecule has 1 aliphatic heterocycles. The lowest BCUT2D eigenvalue weighted by atomic mass is 10.0. The van der Waals surface area contributed by atoms with Crippen LogP contribution in [-0.4, -0.2) is 28.7 Å². The highest BCUT2D eigenvalue weighted by atomic mass is 35.5. The van der Waals surface area contributed by atoms with E-state index < -0.39 is 4.92 Å². The van der Waals surface area contributed by atoms with Crippen LogP contribution in [0.15, 0.2) is 24.4 Å². The molecule has 2 atom stereocenters. The smallest absolute Gasteiger partial charge is 0.311 e. The van der Waals surface area contributed by atoms with Crippen molar-refractivity contribution in [3.63, 3.8) is 0 Å². The minimum atomic E-state index is -0.418. The second kappa shape index (κ2) is 6.06. The predicted octanol–water partition coefficient (Wildman–Crippen LogP) is 3.78. The molecule has 2 aromatic rings. The predicted molar refractivity (Wildman–Crippen MR) is 85.5 cm³/mol. The lowest BCUT2D eigenvalue weighted by Gasteiger charge is -2.28. The fraction of sp³-hybridized carbons (Fsp3) is 0.400. The number of halogens is 1. The number of anilines is 1. The topological polar surface area (TPSA) is 77.3 Å². The van der Waals surface area contributed by atoms with Crippen LogP contribution >= 0.6 is 11.6 Å². The van der Waals surface area contributed by atoms with Gasteiger partial charge in [-0.1, -0.05) is 11.6 Å². The van der Waals surface area contributed by atoms with Gasteiger partial charge >= 0.3 is 5.69 Å². The molecule has 1 aromatic carbocycles. The summed E-state index contributed by atoms with van der Waals surface area (Å²) < 4.78 is 5.52. The van der Waals surface area contributed by atoms with E-state index in [0.29, 0.717) is 28.2 Å². The summed E-state index contributed by atoms with van der Waals surface area (Å²) in [7, 11) is 0. The first kappa shape index (κ1) is 15.0. The lowest BCUT2D eigenvalue weighted by Crippen LogP contribution is -2.32. The Morgan fingerprint density at radius 3 is 3.05 bits per heavy atom. The highest BCUT2D eigenvalue weighted by molar-refractivity contribution is 6.31. The number of hydrogen-bond acceptors (Lipinski definition) is 5. The number of ether oxygens (including phenoxy) is 1. The van der Waals surface area contributed by atoms with Crippen LogP contribution < -0.4 is 5.32 Å². The molecule has 0 saturated carbocycles. The number of benzene rings is 1. The minimum Gasteiger partial charge on any atom is -0.378 e. The van der Waals surface area contributed by atoms with E-state index in [-0.39, 0.29) is 17.8 Å². The number of fused-ring (bicyclic) bond motifs is 1. The van der Waals surface area contributed by atoms with E-state index in [4.69, 9.17) is 16.3 Å². The van der Waals surface area contributed by atoms with Crippen molar-refractivity contribution in [2.24, 2.45) is 0 Å². The Morgan fingerprint density at radius 2 is 2.32 bits per heavy atom. The van der Waals surface area contributed by atoms with Gasteiger partial charge in [0, 0.05) is 23.1 Å². The molecule has 6 nitrogen and oxygen atoms in total. The fourth-order valence-electron chi connectivity index (χ4n) is 2.78. The summed E-state index contributed by atoms with van der Waals surface area (Å²) in [6, 6.07) is 5.33. The van der Waals surface area contributed by atoms with Gasteiger partial charge in [0.05, 0.1) is 16.5 Å². The van der Waals surface area contributed by atoms with E-state index in [1.165, 1.54) is 6.20 Å². The van der Waals surface area contributed by atoms with Crippen LogP contribution in [0.1, 0.15) is 19.8 Å². The number of pyridine rings is 1. The average Bonchev–Trinajstić information content (AvgIpc) is 2.47. The zero-order valence-corrected chi connectivity index (χ0v) is 12.8. The van der Waals surface area contributed by atoms with Crippen molar-refractivity contribution >= 4 is 33.9 Å². The van der Waals surface area contributed by atoms with E-state index in [1.807, 2.05) is 6.92 Å². The summed E-state index contributed by atoms with van der Waals surface area (Å²) in [6.45, 7) is 2.65. The quantitative estimate of drug-likeness (QED) is 0.687. The molecule has 1 aliphatic rings. The number of hydrogen-bond donors (Lipinski definition) is 1. The van der Waals surface area contributed by atoms with E-state index in [0.717, 1.165) is 12.8 Å². The summed E-state index contributed by atoms with van der Waals surface area (Å²) in [4.78, 5) is 15.1. The zero-order chi connectivity index (χ0) is 15.7. The van der Waals surface area contributed by atoms with Gasteiger partial charge in [-0.2, -0.15) is 0 Å². The van der Waals surface area contributed by atoms with Gasteiger partial charge in [-0.3, -0.25) is 10.1 Å². The van der Waals surface area contributed by atoms with Gasteiger partial charge in [-0.15, -0.1) is 0 Å². The third-order valence-corrected chi connectivity index (χ3v) is 4.08. The number of nitrogens with zero attached hydrogens (tertiary/aromatic N) is 2. The van der Waals surface area contributed by atoms with Gasteiger partial charge in [0.25, 0.3) is 0 Å². The number of nitrogens with one attached hydrogen (secondary N) is 1. The maximum absolute atomic E-state index is 11.3. The molecule has 0 radical (unpaired) electrons. The molecule has 0 spiro atoms. The Balaban J connectivity index is 2.05. The van der Waals surface area contributed by atoms with Crippen LogP contribution in [0.3, 0.4) is 0 Å². The first-order valence-corrected chi connectivity index (χ1v) is 7.53. The van der Waals surface area contributed by atoms with Gasteiger partial charge in [0.15, 0.2) is 0 Å². The van der Waals surface area contributed by atoms with Crippen molar-refractivity contribution in [2.75, 3.05) is 11.9 Å². The molecule has 3 rings (SSSR count). The zero-order valence-electron chi connectivity index (χ0n) is 12.1. The van der Waals surface area contributed by atoms with Crippen LogP contribution in [0.25, 0.3) is 10.9 Å². The Morgan fingerprint density at radius 1 is 1.50 bits per heavy atom. The monoisotopic (exact) mass is 321 g/mol. The molecule has 7 heteroatoms. The summed E-state index contributed by atoms with van der Waals surface area (Å²) in [5.41, 5.74) is 1.13. The molecule has 116 valence electrons. The van der Waals surface area contributed by atoms with E-state index >= 15 is 0 Å². The molecule has 0 amide bonds. The Kier molecular flexibility index (Phi) is 4.13. The van der Waals surface area contributed by atoms with E-state index in [9.17, 15) is 10.1 Å². The number of aromatic nitrogens is 1. The van der Waals surface area contributed by atoms with Crippen molar-refractivity contribution in [2.45, 2.75) is 31.9 Å². The van der Waals surface area contributed by atoms with Crippen molar-refractivity contribution in [3.8, 4) is 0 Å².